The average molecular weight is 338 g/mol. The van der Waals surface area contributed by atoms with E-state index in [1.54, 1.807) is 38.1 Å². The molecule has 0 amide bonds. The quantitative estimate of drug-likeness (QED) is 0.808. The second-order valence-corrected chi connectivity index (χ2v) is 7.58. The van der Waals surface area contributed by atoms with Crippen molar-refractivity contribution in [3.05, 3.63) is 36.4 Å². The van der Waals surface area contributed by atoms with E-state index in [9.17, 15) is 13.5 Å². The van der Waals surface area contributed by atoms with Crippen LogP contribution in [0.5, 0.6) is 0 Å². The van der Waals surface area contributed by atoms with Crippen LogP contribution in [-0.4, -0.2) is 31.2 Å². The molecule has 23 heavy (non-hydrogen) atoms. The summed E-state index contributed by atoms with van der Waals surface area (Å²) in [5.74, 6) is 0.618. The standard InChI is InChI=1S/C16H22N2O4S/c1-11(8-12(2)19)9-17-23(20,21)15-6-4-14(5-7-15)16-10-22-13(3)18-16/h4-7,10-12,17,19H,8-9H2,1-3H3. The molecule has 0 aliphatic heterocycles. The molecule has 0 bridgehead atoms. The summed E-state index contributed by atoms with van der Waals surface area (Å²) >= 11 is 0. The molecule has 2 aromatic rings. The van der Waals surface area contributed by atoms with Crippen LogP contribution in [0, 0.1) is 12.8 Å². The number of hydrogen-bond acceptors (Lipinski definition) is 5. The molecule has 0 saturated heterocycles. The smallest absolute Gasteiger partial charge is 0.240 e. The number of aliphatic hydroxyl groups excluding tert-OH is 1. The monoisotopic (exact) mass is 338 g/mol. The molecule has 0 radical (unpaired) electrons. The van der Waals surface area contributed by atoms with E-state index in [-0.39, 0.29) is 17.4 Å². The van der Waals surface area contributed by atoms with E-state index in [0.717, 1.165) is 5.56 Å². The molecular weight excluding hydrogens is 316 g/mol. The third-order valence-corrected chi connectivity index (χ3v) is 4.88. The van der Waals surface area contributed by atoms with Gasteiger partial charge in [0, 0.05) is 19.0 Å². The zero-order valence-electron chi connectivity index (χ0n) is 13.5. The first-order valence-corrected chi connectivity index (χ1v) is 8.96. The van der Waals surface area contributed by atoms with E-state index in [2.05, 4.69) is 9.71 Å². The minimum Gasteiger partial charge on any atom is -0.449 e. The number of benzene rings is 1. The lowest BCUT2D eigenvalue weighted by Crippen LogP contribution is -2.29. The average Bonchev–Trinajstić information content (AvgIpc) is 2.91. The molecule has 0 fully saturated rings. The summed E-state index contributed by atoms with van der Waals surface area (Å²) in [4.78, 5) is 4.40. The van der Waals surface area contributed by atoms with Crippen molar-refractivity contribution in [1.82, 2.24) is 9.71 Å². The number of nitrogens with zero attached hydrogens (tertiary/aromatic N) is 1. The fourth-order valence-corrected chi connectivity index (χ4v) is 3.47. The second kappa shape index (κ2) is 7.25. The molecule has 2 N–H and O–H groups in total. The van der Waals surface area contributed by atoms with Crippen LogP contribution in [0.3, 0.4) is 0 Å². The van der Waals surface area contributed by atoms with E-state index in [1.807, 2.05) is 6.92 Å². The molecule has 6 nitrogen and oxygen atoms in total. The van der Waals surface area contributed by atoms with Crippen molar-refractivity contribution in [2.24, 2.45) is 5.92 Å². The van der Waals surface area contributed by atoms with Crippen LogP contribution in [0.4, 0.5) is 0 Å². The van der Waals surface area contributed by atoms with Gasteiger partial charge in [0.2, 0.25) is 10.0 Å². The number of rotatable bonds is 7. The number of aromatic nitrogens is 1. The molecular formula is C16H22N2O4S. The van der Waals surface area contributed by atoms with E-state index in [1.165, 1.54) is 6.26 Å². The highest BCUT2D eigenvalue weighted by atomic mass is 32.2. The summed E-state index contributed by atoms with van der Waals surface area (Å²) < 4.78 is 32.3. The summed E-state index contributed by atoms with van der Waals surface area (Å²) in [5, 5.41) is 9.32. The first-order valence-electron chi connectivity index (χ1n) is 7.48. The van der Waals surface area contributed by atoms with Crippen LogP contribution in [0.2, 0.25) is 0 Å². The maximum atomic E-state index is 12.3. The van der Waals surface area contributed by atoms with E-state index in [4.69, 9.17) is 4.42 Å². The zero-order valence-corrected chi connectivity index (χ0v) is 14.3. The Kier molecular flexibility index (Phi) is 5.56. The highest BCUT2D eigenvalue weighted by molar-refractivity contribution is 7.89. The van der Waals surface area contributed by atoms with Gasteiger partial charge in [0.05, 0.1) is 11.0 Å². The normalized spacial score (nSPS) is 14.6. The molecule has 1 heterocycles. The van der Waals surface area contributed by atoms with Crippen molar-refractivity contribution in [3.63, 3.8) is 0 Å². The Morgan fingerprint density at radius 3 is 2.43 bits per heavy atom. The lowest BCUT2D eigenvalue weighted by Gasteiger charge is -2.14. The number of sulfonamides is 1. The summed E-state index contributed by atoms with van der Waals surface area (Å²) in [6.45, 7) is 5.62. The lowest BCUT2D eigenvalue weighted by molar-refractivity contribution is 0.165. The van der Waals surface area contributed by atoms with Gasteiger partial charge >= 0.3 is 0 Å². The van der Waals surface area contributed by atoms with Crippen molar-refractivity contribution in [1.29, 1.82) is 0 Å². The van der Waals surface area contributed by atoms with Crippen molar-refractivity contribution in [3.8, 4) is 11.3 Å². The van der Waals surface area contributed by atoms with Crippen molar-refractivity contribution in [2.45, 2.75) is 38.2 Å². The molecule has 0 aliphatic rings. The molecule has 0 saturated carbocycles. The van der Waals surface area contributed by atoms with Gasteiger partial charge in [-0.05, 0) is 31.4 Å². The van der Waals surface area contributed by atoms with Gasteiger partial charge in [0.1, 0.15) is 12.0 Å². The zero-order chi connectivity index (χ0) is 17.0. The van der Waals surface area contributed by atoms with Gasteiger partial charge in [-0.2, -0.15) is 0 Å². The van der Waals surface area contributed by atoms with Gasteiger partial charge in [0.15, 0.2) is 5.89 Å². The van der Waals surface area contributed by atoms with Crippen LogP contribution in [0.1, 0.15) is 26.2 Å². The largest absolute Gasteiger partial charge is 0.449 e. The number of aliphatic hydroxyl groups is 1. The molecule has 1 aromatic heterocycles. The van der Waals surface area contributed by atoms with E-state index < -0.39 is 16.1 Å². The molecule has 2 rings (SSSR count). The Labute approximate surface area is 136 Å². The van der Waals surface area contributed by atoms with Crippen LogP contribution >= 0.6 is 0 Å². The van der Waals surface area contributed by atoms with Crippen molar-refractivity contribution >= 4 is 10.0 Å². The van der Waals surface area contributed by atoms with Crippen molar-refractivity contribution in [2.75, 3.05) is 6.54 Å². The lowest BCUT2D eigenvalue weighted by atomic mass is 10.1. The Hall–Kier alpha value is -1.70. The summed E-state index contributed by atoms with van der Waals surface area (Å²) in [7, 11) is -3.56. The molecule has 7 heteroatoms. The third kappa shape index (κ3) is 4.89. The molecule has 0 spiro atoms. The second-order valence-electron chi connectivity index (χ2n) is 5.82. The van der Waals surface area contributed by atoms with Crippen LogP contribution in [0.25, 0.3) is 11.3 Å². The predicted molar refractivity (Wildman–Crippen MR) is 87.3 cm³/mol. The first kappa shape index (κ1) is 17.7. The Morgan fingerprint density at radius 1 is 1.26 bits per heavy atom. The Morgan fingerprint density at radius 2 is 1.91 bits per heavy atom. The summed E-state index contributed by atoms with van der Waals surface area (Å²) in [5.41, 5.74) is 1.47. The van der Waals surface area contributed by atoms with Crippen molar-refractivity contribution < 1.29 is 17.9 Å². The van der Waals surface area contributed by atoms with Gasteiger partial charge in [-0.3, -0.25) is 0 Å². The highest BCUT2D eigenvalue weighted by Gasteiger charge is 2.16. The SMILES string of the molecule is Cc1nc(-c2ccc(S(=O)(=O)NCC(C)CC(C)O)cc2)co1. The third-order valence-electron chi connectivity index (χ3n) is 3.44. The minimum absolute atomic E-state index is 0.0575. The van der Waals surface area contributed by atoms with Crippen LogP contribution in [-0.2, 0) is 10.0 Å². The molecule has 1 aromatic carbocycles. The predicted octanol–water partition coefficient (Wildman–Crippen LogP) is 2.34. The minimum atomic E-state index is -3.56. The topological polar surface area (TPSA) is 92.4 Å². The molecule has 126 valence electrons. The van der Waals surface area contributed by atoms with Gasteiger partial charge in [-0.15, -0.1) is 0 Å². The van der Waals surface area contributed by atoms with E-state index in [0.29, 0.717) is 18.0 Å². The fraction of sp³-hybridized carbons (Fsp3) is 0.438. The van der Waals surface area contributed by atoms with Gasteiger partial charge in [0.25, 0.3) is 0 Å². The summed E-state index contributed by atoms with van der Waals surface area (Å²) in [6, 6.07) is 6.48. The number of aryl methyl sites for hydroxylation is 1. The van der Waals surface area contributed by atoms with Gasteiger partial charge < -0.3 is 9.52 Å². The molecule has 2 unspecified atom stereocenters. The molecule has 2 atom stereocenters. The Balaban J connectivity index is 2.05. The maximum Gasteiger partial charge on any atom is 0.240 e. The molecule has 0 aliphatic carbocycles. The van der Waals surface area contributed by atoms with E-state index >= 15 is 0 Å². The Bertz CT molecular complexity index is 736. The number of oxazole rings is 1. The van der Waals surface area contributed by atoms with Gasteiger partial charge in [-0.25, -0.2) is 18.1 Å². The van der Waals surface area contributed by atoms with Gasteiger partial charge in [-0.1, -0.05) is 19.1 Å². The maximum absolute atomic E-state index is 12.3. The highest BCUT2D eigenvalue weighted by Crippen LogP contribution is 2.20. The number of hydrogen-bond donors (Lipinski definition) is 2. The number of nitrogens with one attached hydrogen (secondary N) is 1. The summed E-state index contributed by atoms with van der Waals surface area (Å²) in [6.07, 6.45) is 1.64. The van der Waals surface area contributed by atoms with Crippen LogP contribution < -0.4 is 4.72 Å². The first-order chi connectivity index (χ1) is 10.8. The fourth-order valence-electron chi connectivity index (χ4n) is 2.30. The van der Waals surface area contributed by atoms with Crippen LogP contribution in [0.15, 0.2) is 39.8 Å².